The third-order valence-corrected chi connectivity index (χ3v) is 3.27. The van der Waals surface area contributed by atoms with Crippen LogP contribution < -0.4 is 0 Å². The molecule has 1 aliphatic rings. The van der Waals surface area contributed by atoms with Crippen LogP contribution in [0.1, 0.15) is 24.5 Å². The van der Waals surface area contributed by atoms with Crippen LogP contribution in [-0.2, 0) is 4.74 Å². The van der Waals surface area contributed by atoms with E-state index in [1.807, 2.05) is 0 Å². The van der Waals surface area contributed by atoms with Gasteiger partial charge in [-0.15, -0.1) is 0 Å². The Hall–Kier alpha value is -2.60. The maximum atomic E-state index is 10.1. The van der Waals surface area contributed by atoms with Gasteiger partial charge in [0.05, 0.1) is 6.10 Å². The van der Waals surface area contributed by atoms with Crippen molar-refractivity contribution < 1.29 is 30.3 Å². The minimum Gasteiger partial charge on any atom is -0.508 e. The summed E-state index contributed by atoms with van der Waals surface area (Å²) in [5.74, 6) is -0.634. The van der Waals surface area contributed by atoms with Gasteiger partial charge >= 0.3 is 0 Å². The van der Waals surface area contributed by atoms with Crippen LogP contribution in [0.4, 0.5) is 0 Å². The quantitative estimate of drug-likeness (QED) is 0.333. The van der Waals surface area contributed by atoms with E-state index in [-0.39, 0.29) is 23.0 Å². The largest absolute Gasteiger partial charge is 0.508 e. The van der Waals surface area contributed by atoms with E-state index in [9.17, 15) is 20.4 Å². The Morgan fingerprint density at radius 2 is 1.95 bits per heavy atom. The lowest BCUT2D eigenvalue weighted by molar-refractivity contribution is -0.0400. The predicted molar refractivity (Wildman–Crippen MR) is 79.4 cm³/mol. The van der Waals surface area contributed by atoms with E-state index in [1.54, 1.807) is 0 Å². The third-order valence-electron chi connectivity index (χ3n) is 3.27. The van der Waals surface area contributed by atoms with Crippen molar-refractivity contribution in [2.45, 2.75) is 25.0 Å². The molecule has 1 heterocycles. The van der Waals surface area contributed by atoms with E-state index >= 15 is 0 Å². The van der Waals surface area contributed by atoms with Gasteiger partial charge in [0.1, 0.15) is 23.4 Å². The molecule has 0 radical (unpaired) electrons. The highest BCUT2D eigenvalue weighted by molar-refractivity contribution is 5.41. The summed E-state index contributed by atoms with van der Waals surface area (Å²) in [7, 11) is 0. The Labute approximate surface area is 127 Å². The molecule has 0 spiro atoms. The Kier molecular flexibility index (Phi) is 4.62. The average molecular weight is 306 g/mol. The zero-order valence-corrected chi connectivity index (χ0v) is 11.8. The van der Waals surface area contributed by atoms with Crippen molar-refractivity contribution in [1.29, 1.82) is 0 Å². The first-order valence-electron chi connectivity index (χ1n) is 6.72. The second-order valence-corrected chi connectivity index (χ2v) is 5.06. The Morgan fingerprint density at radius 3 is 2.59 bits per heavy atom. The minimum atomic E-state index is -0.778. The van der Waals surface area contributed by atoms with Crippen LogP contribution in [0.2, 0.25) is 0 Å². The molecule has 0 aliphatic carbocycles. The Morgan fingerprint density at radius 1 is 1.23 bits per heavy atom. The molecule has 2 rings (SSSR count). The number of aliphatic hydroxyl groups excluding tert-OH is 3. The van der Waals surface area contributed by atoms with Crippen LogP contribution in [0.3, 0.4) is 0 Å². The van der Waals surface area contributed by atoms with Gasteiger partial charge in [0.15, 0.2) is 11.5 Å². The molecule has 22 heavy (non-hydrogen) atoms. The highest BCUT2D eigenvalue weighted by Gasteiger charge is 2.29. The number of hydrogen-bond donors (Lipinski definition) is 5. The number of ether oxygens (including phenoxy) is 1. The van der Waals surface area contributed by atoms with E-state index in [2.05, 4.69) is 6.58 Å². The summed E-state index contributed by atoms with van der Waals surface area (Å²) in [5.41, 5.74) is 0.503. The van der Waals surface area contributed by atoms with Crippen molar-refractivity contribution in [3.8, 4) is 11.5 Å². The summed E-state index contributed by atoms with van der Waals surface area (Å²) in [6.07, 6.45) is 1.73. The van der Waals surface area contributed by atoms with Crippen molar-refractivity contribution in [2.75, 3.05) is 0 Å². The summed E-state index contributed by atoms with van der Waals surface area (Å²) in [6.45, 7) is 3.24. The number of phenols is 2. The lowest BCUT2D eigenvalue weighted by Gasteiger charge is -2.31. The number of aromatic hydroxyl groups is 2. The van der Waals surface area contributed by atoms with Crippen LogP contribution in [0.15, 0.2) is 54.2 Å². The fourth-order valence-electron chi connectivity index (χ4n) is 2.23. The number of phenolic OH excluding ortho intramolecular Hbond substituents is 2. The second-order valence-electron chi connectivity index (χ2n) is 5.06. The van der Waals surface area contributed by atoms with Crippen LogP contribution in [0.5, 0.6) is 11.5 Å². The molecular formula is C16H18O6. The first-order chi connectivity index (χ1) is 10.4. The summed E-state index contributed by atoms with van der Waals surface area (Å²) in [4.78, 5) is 0. The Bertz CT molecular complexity index is 632. The molecule has 0 unspecified atom stereocenters. The predicted octanol–water partition coefficient (Wildman–Crippen LogP) is 2.71. The number of benzene rings is 1. The fourth-order valence-corrected chi connectivity index (χ4v) is 2.23. The highest BCUT2D eigenvalue weighted by Crippen LogP contribution is 2.37. The van der Waals surface area contributed by atoms with Gasteiger partial charge in [-0.1, -0.05) is 12.6 Å². The van der Waals surface area contributed by atoms with E-state index in [4.69, 9.17) is 9.84 Å². The van der Waals surface area contributed by atoms with Gasteiger partial charge in [0, 0.05) is 18.6 Å². The zero-order valence-electron chi connectivity index (χ0n) is 11.8. The van der Waals surface area contributed by atoms with E-state index in [1.165, 1.54) is 24.3 Å². The van der Waals surface area contributed by atoms with Gasteiger partial charge < -0.3 is 30.3 Å². The monoisotopic (exact) mass is 306 g/mol. The lowest BCUT2D eigenvalue weighted by Crippen LogP contribution is -2.26. The third kappa shape index (κ3) is 3.73. The summed E-state index contributed by atoms with van der Waals surface area (Å²) in [6, 6.07) is 4.17. The highest BCUT2D eigenvalue weighted by atomic mass is 16.5. The maximum absolute atomic E-state index is 10.1. The van der Waals surface area contributed by atoms with Gasteiger partial charge in [0.2, 0.25) is 0 Å². The molecule has 1 aromatic rings. The molecule has 6 heteroatoms. The molecule has 1 fully saturated rings. The molecule has 6 nitrogen and oxygen atoms in total. The smallest absolute Gasteiger partial charge is 0.157 e. The van der Waals surface area contributed by atoms with E-state index in [0.29, 0.717) is 24.2 Å². The fraction of sp³-hybridized carbons (Fsp3) is 0.250. The average Bonchev–Trinajstić information content (AvgIpc) is 2.43. The van der Waals surface area contributed by atoms with Gasteiger partial charge in [-0.3, -0.25) is 0 Å². The summed E-state index contributed by atoms with van der Waals surface area (Å²) < 4.78 is 5.64. The molecule has 5 N–H and O–H groups in total. The molecule has 2 atom stereocenters. The van der Waals surface area contributed by atoms with Gasteiger partial charge in [-0.25, -0.2) is 0 Å². The maximum Gasteiger partial charge on any atom is 0.157 e. The standard InChI is InChI=1S/C16H18O6/c1-9(17)6-11(18)8-12-3-5-14(20)16(22-12)10-2-4-13(19)15(21)7-10/h2,4,6-8,14,16-21H,1,3,5H2/b11-6+,12-8+/t14-,16+/m0/s1. The molecule has 1 aromatic carbocycles. The topological polar surface area (TPSA) is 110 Å². The van der Waals surface area contributed by atoms with Crippen LogP contribution in [-0.4, -0.2) is 31.6 Å². The van der Waals surface area contributed by atoms with Crippen molar-refractivity contribution in [3.05, 3.63) is 59.8 Å². The van der Waals surface area contributed by atoms with Gasteiger partial charge in [0.25, 0.3) is 0 Å². The normalized spacial score (nSPS) is 24.0. The first-order valence-corrected chi connectivity index (χ1v) is 6.72. The minimum absolute atomic E-state index is 0.216. The van der Waals surface area contributed by atoms with Gasteiger partial charge in [-0.05, 0) is 24.1 Å². The molecule has 0 aromatic heterocycles. The van der Waals surface area contributed by atoms with Crippen molar-refractivity contribution in [1.82, 2.24) is 0 Å². The molecule has 0 bridgehead atoms. The SMILES string of the molecule is C=C(O)/C=C(O)\C=C1/CC[C@H](O)[C@@H](c2ccc(O)c(O)c2)O1. The lowest BCUT2D eigenvalue weighted by atomic mass is 9.97. The number of rotatable bonds is 3. The molecule has 118 valence electrons. The summed E-state index contributed by atoms with van der Waals surface area (Å²) in [5, 5.41) is 47.5. The number of allylic oxidation sites excluding steroid dienone is 3. The van der Waals surface area contributed by atoms with Crippen molar-refractivity contribution >= 4 is 0 Å². The molecule has 0 saturated carbocycles. The number of hydrogen-bond acceptors (Lipinski definition) is 6. The first kappa shape index (κ1) is 15.8. The molecule has 1 aliphatic heterocycles. The molecule has 0 amide bonds. The second kappa shape index (κ2) is 6.44. The van der Waals surface area contributed by atoms with E-state index < -0.39 is 12.2 Å². The van der Waals surface area contributed by atoms with E-state index in [0.717, 1.165) is 6.08 Å². The molecular weight excluding hydrogens is 288 g/mol. The number of aliphatic hydroxyl groups is 3. The van der Waals surface area contributed by atoms with Crippen LogP contribution >= 0.6 is 0 Å². The zero-order chi connectivity index (χ0) is 16.3. The Balaban J connectivity index is 2.23. The van der Waals surface area contributed by atoms with Crippen molar-refractivity contribution in [2.24, 2.45) is 0 Å². The summed E-state index contributed by atoms with van der Waals surface area (Å²) >= 11 is 0. The van der Waals surface area contributed by atoms with Crippen molar-refractivity contribution in [3.63, 3.8) is 0 Å². The van der Waals surface area contributed by atoms with Crippen LogP contribution in [0, 0.1) is 0 Å². The molecule has 1 saturated heterocycles. The van der Waals surface area contributed by atoms with Crippen LogP contribution in [0.25, 0.3) is 0 Å². The van der Waals surface area contributed by atoms with Gasteiger partial charge in [-0.2, -0.15) is 0 Å².